The third kappa shape index (κ3) is 4.85. The highest BCUT2D eigenvalue weighted by atomic mass is 16.4. The van der Waals surface area contributed by atoms with Crippen LogP contribution in [-0.2, 0) is 17.8 Å². The van der Waals surface area contributed by atoms with Crippen LogP contribution in [0.1, 0.15) is 28.1 Å². The van der Waals surface area contributed by atoms with Gasteiger partial charge in [-0.1, -0.05) is 42.5 Å². The van der Waals surface area contributed by atoms with E-state index in [0.717, 1.165) is 16.9 Å². The quantitative estimate of drug-likeness (QED) is 0.682. The van der Waals surface area contributed by atoms with Crippen molar-refractivity contribution in [1.82, 2.24) is 4.90 Å². The third-order valence-electron chi connectivity index (χ3n) is 4.35. The van der Waals surface area contributed by atoms with Gasteiger partial charge in [0.25, 0.3) is 0 Å². The van der Waals surface area contributed by atoms with Gasteiger partial charge in [0.05, 0.1) is 5.56 Å². The van der Waals surface area contributed by atoms with Crippen LogP contribution < -0.4 is 0 Å². The lowest BCUT2D eigenvalue weighted by molar-refractivity contribution is -0.130. The Balaban J connectivity index is 1.56. The van der Waals surface area contributed by atoms with Crippen molar-refractivity contribution >= 4 is 11.9 Å². The van der Waals surface area contributed by atoms with Crippen LogP contribution in [0.15, 0.2) is 71.1 Å². The van der Waals surface area contributed by atoms with Crippen LogP contribution >= 0.6 is 0 Å². The molecule has 0 unspecified atom stereocenters. The van der Waals surface area contributed by atoms with Crippen LogP contribution in [0.2, 0.25) is 0 Å². The van der Waals surface area contributed by atoms with Gasteiger partial charge in [0, 0.05) is 32.0 Å². The highest BCUT2D eigenvalue weighted by Crippen LogP contribution is 2.23. The molecule has 3 aromatic rings. The molecular formula is C22H21NO4. The second kappa shape index (κ2) is 8.36. The van der Waals surface area contributed by atoms with E-state index >= 15 is 0 Å². The fourth-order valence-electron chi connectivity index (χ4n) is 2.81. The van der Waals surface area contributed by atoms with Gasteiger partial charge >= 0.3 is 5.97 Å². The number of rotatable bonds is 7. The Morgan fingerprint density at radius 3 is 2.33 bits per heavy atom. The SMILES string of the molecule is CN(Cc1ccccc1)C(=O)CCc1ccc(-c2ccc(C(=O)O)cc2)o1. The summed E-state index contributed by atoms with van der Waals surface area (Å²) in [5, 5.41) is 8.95. The molecule has 1 N–H and O–H groups in total. The maximum atomic E-state index is 12.3. The van der Waals surface area contributed by atoms with Gasteiger partial charge < -0.3 is 14.4 Å². The number of aromatic carboxylic acids is 1. The van der Waals surface area contributed by atoms with Gasteiger partial charge in [0.1, 0.15) is 11.5 Å². The molecule has 3 rings (SSSR count). The van der Waals surface area contributed by atoms with Gasteiger partial charge in [-0.2, -0.15) is 0 Å². The average molecular weight is 363 g/mol. The first-order chi connectivity index (χ1) is 13.0. The summed E-state index contributed by atoms with van der Waals surface area (Å²) < 4.78 is 5.80. The predicted molar refractivity (Wildman–Crippen MR) is 102 cm³/mol. The van der Waals surface area contributed by atoms with Gasteiger partial charge in [0.2, 0.25) is 5.91 Å². The summed E-state index contributed by atoms with van der Waals surface area (Å²) in [5.74, 6) is 0.489. The number of carboxylic acids is 1. The second-order valence-corrected chi connectivity index (χ2v) is 6.38. The van der Waals surface area contributed by atoms with Crippen molar-refractivity contribution in [3.8, 4) is 11.3 Å². The normalized spacial score (nSPS) is 10.6. The topological polar surface area (TPSA) is 70.8 Å². The number of amides is 1. The number of carboxylic acid groups (broad SMARTS) is 1. The summed E-state index contributed by atoms with van der Waals surface area (Å²) >= 11 is 0. The Morgan fingerprint density at radius 2 is 1.67 bits per heavy atom. The monoisotopic (exact) mass is 363 g/mol. The summed E-state index contributed by atoms with van der Waals surface area (Å²) in [6, 6.07) is 20.1. The zero-order chi connectivity index (χ0) is 19.2. The van der Waals surface area contributed by atoms with E-state index in [4.69, 9.17) is 9.52 Å². The number of hydrogen-bond donors (Lipinski definition) is 1. The van der Waals surface area contributed by atoms with Crippen LogP contribution in [0, 0.1) is 0 Å². The molecule has 0 saturated heterocycles. The zero-order valence-corrected chi connectivity index (χ0v) is 15.1. The highest BCUT2D eigenvalue weighted by molar-refractivity contribution is 5.88. The molecule has 0 bridgehead atoms. The fraction of sp³-hybridized carbons (Fsp3) is 0.182. The molecule has 0 fully saturated rings. The third-order valence-corrected chi connectivity index (χ3v) is 4.35. The van der Waals surface area contributed by atoms with Gasteiger partial charge in [-0.25, -0.2) is 4.79 Å². The molecule has 0 atom stereocenters. The number of hydrogen-bond acceptors (Lipinski definition) is 3. The van der Waals surface area contributed by atoms with Gasteiger partial charge in [-0.05, 0) is 29.8 Å². The molecule has 0 spiro atoms. The van der Waals surface area contributed by atoms with Gasteiger partial charge in [-0.15, -0.1) is 0 Å². The molecular weight excluding hydrogens is 342 g/mol. The van der Waals surface area contributed by atoms with Crippen LogP contribution in [0.5, 0.6) is 0 Å². The van der Waals surface area contributed by atoms with Crippen molar-refractivity contribution in [3.63, 3.8) is 0 Å². The summed E-state index contributed by atoms with van der Waals surface area (Å²) in [7, 11) is 1.80. The molecule has 0 radical (unpaired) electrons. The Hall–Kier alpha value is -3.34. The average Bonchev–Trinajstić information content (AvgIpc) is 3.16. The summed E-state index contributed by atoms with van der Waals surface area (Å²) in [5.41, 5.74) is 2.13. The highest BCUT2D eigenvalue weighted by Gasteiger charge is 2.12. The van der Waals surface area contributed by atoms with E-state index in [-0.39, 0.29) is 11.5 Å². The predicted octanol–water partition coefficient (Wildman–Crippen LogP) is 4.24. The number of furan rings is 1. The molecule has 1 aromatic heterocycles. The molecule has 138 valence electrons. The smallest absolute Gasteiger partial charge is 0.335 e. The molecule has 0 aliphatic heterocycles. The number of nitrogens with zero attached hydrogens (tertiary/aromatic N) is 1. The first-order valence-electron chi connectivity index (χ1n) is 8.73. The summed E-state index contributed by atoms with van der Waals surface area (Å²) in [4.78, 5) is 25.0. The van der Waals surface area contributed by atoms with Crippen LogP contribution in [0.4, 0.5) is 0 Å². The summed E-state index contributed by atoms with van der Waals surface area (Å²) in [6.45, 7) is 0.582. The van der Waals surface area contributed by atoms with Gasteiger partial charge in [0.15, 0.2) is 0 Å². The Bertz CT molecular complexity index is 913. The number of benzene rings is 2. The fourth-order valence-corrected chi connectivity index (χ4v) is 2.81. The van der Waals surface area contributed by atoms with Crippen molar-refractivity contribution in [2.45, 2.75) is 19.4 Å². The van der Waals surface area contributed by atoms with E-state index in [1.165, 1.54) is 0 Å². The molecule has 0 aliphatic carbocycles. The Morgan fingerprint density at radius 1 is 0.963 bits per heavy atom. The number of carbonyl (C=O) groups is 2. The minimum atomic E-state index is -0.959. The lowest BCUT2D eigenvalue weighted by Crippen LogP contribution is -2.26. The molecule has 1 amide bonds. The molecule has 5 nitrogen and oxygen atoms in total. The van der Waals surface area contributed by atoms with Crippen molar-refractivity contribution in [2.75, 3.05) is 7.05 Å². The number of carbonyl (C=O) groups excluding carboxylic acids is 1. The van der Waals surface area contributed by atoms with Crippen molar-refractivity contribution < 1.29 is 19.1 Å². The van der Waals surface area contributed by atoms with Crippen molar-refractivity contribution in [2.24, 2.45) is 0 Å². The van der Waals surface area contributed by atoms with Crippen molar-refractivity contribution in [1.29, 1.82) is 0 Å². The molecule has 1 heterocycles. The van der Waals surface area contributed by atoms with E-state index in [2.05, 4.69) is 0 Å². The summed E-state index contributed by atoms with van der Waals surface area (Å²) in [6.07, 6.45) is 0.888. The van der Waals surface area contributed by atoms with Crippen LogP contribution in [0.25, 0.3) is 11.3 Å². The second-order valence-electron chi connectivity index (χ2n) is 6.38. The first-order valence-corrected chi connectivity index (χ1v) is 8.73. The van der Waals surface area contributed by atoms with E-state index in [1.807, 2.05) is 42.5 Å². The molecule has 5 heteroatoms. The first kappa shape index (κ1) is 18.5. The molecule has 0 saturated carbocycles. The Labute approximate surface area is 157 Å². The number of aryl methyl sites for hydroxylation is 1. The minimum absolute atomic E-state index is 0.0580. The lowest BCUT2D eigenvalue weighted by Gasteiger charge is -2.17. The van der Waals surface area contributed by atoms with E-state index in [1.54, 1.807) is 36.2 Å². The lowest BCUT2D eigenvalue weighted by atomic mass is 10.1. The molecule has 27 heavy (non-hydrogen) atoms. The van der Waals surface area contributed by atoms with Crippen molar-refractivity contribution in [3.05, 3.63) is 83.6 Å². The van der Waals surface area contributed by atoms with E-state index < -0.39 is 5.97 Å². The molecule has 2 aromatic carbocycles. The Kier molecular flexibility index (Phi) is 5.71. The standard InChI is InChI=1S/C22H21NO4/c1-23(15-16-5-3-2-4-6-16)21(24)14-12-19-11-13-20(27-19)17-7-9-18(10-8-17)22(25)26/h2-11,13H,12,14-15H2,1H3,(H,25,26). The van der Waals surface area contributed by atoms with Crippen LogP contribution in [0.3, 0.4) is 0 Å². The van der Waals surface area contributed by atoms with Gasteiger partial charge in [-0.3, -0.25) is 4.79 Å². The molecule has 0 aliphatic rings. The largest absolute Gasteiger partial charge is 0.478 e. The maximum absolute atomic E-state index is 12.3. The van der Waals surface area contributed by atoms with Crippen LogP contribution in [-0.4, -0.2) is 28.9 Å². The van der Waals surface area contributed by atoms with E-state index in [9.17, 15) is 9.59 Å². The minimum Gasteiger partial charge on any atom is -0.478 e. The maximum Gasteiger partial charge on any atom is 0.335 e. The van der Waals surface area contributed by atoms with E-state index in [0.29, 0.717) is 25.1 Å². The zero-order valence-electron chi connectivity index (χ0n) is 15.1.